The van der Waals surface area contributed by atoms with Gasteiger partial charge in [-0.1, -0.05) is 23.2 Å². The van der Waals surface area contributed by atoms with Gasteiger partial charge >= 0.3 is 0 Å². The highest BCUT2D eigenvalue weighted by atomic mass is 35.5. The van der Waals surface area contributed by atoms with Crippen LogP contribution in [-0.2, 0) is 7.05 Å². The predicted molar refractivity (Wildman–Crippen MR) is 118 cm³/mol. The van der Waals surface area contributed by atoms with Gasteiger partial charge in [0.05, 0.1) is 12.8 Å². The minimum Gasteiger partial charge on any atom is -0.493 e. The van der Waals surface area contributed by atoms with Crippen LogP contribution in [0.5, 0.6) is 34.6 Å². The molecule has 0 aliphatic carbocycles. The van der Waals surface area contributed by atoms with Gasteiger partial charge in [0.15, 0.2) is 11.5 Å². The van der Waals surface area contributed by atoms with Crippen LogP contribution >= 0.6 is 23.2 Å². The largest absolute Gasteiger partial charge is 0.493 e. The van der Waals surface area contributed by atoms with E-state index in [2.05, 4.69) is 5.10 Å². The summed E-state index contributed by atoms with van der Waals surface area (Å²) >= 11 is 11.2. The van der Waals surface area contributed by atoms with Gasteiger partial charge in [0.2, 0.25) is 5.88 Å². The molecule has 0 N–H and O–H groups in total. The van der Waals surface area contributed by atoms with Crippen molar-refractivity contribution >= 4 is 23.2 Å². The van der Waals surface area contributed by atoms with Crippen molar-refractivity contribution in [3.05, 3.63) is 64.3 Å². The van der Waals surface area contributed by atoms with Crippen LogP contribution in [0.15, 0.2) is 53.0 Å². The number of nitrogens with zero attached hydrogens (tertiary/aromatic N) is 2. The molecule has 0 saturated carbocycles. The maximum absolute atomic E-state index is 5.96. The zero-order valence-electron chi connectivity index (χ0n) is 17.1. The molecule has 3 rings (SSSR count). The molecule has 8 heteroatoms. The van der Waals surface area contributed by atoms with Crippen LogP contribution in [-0.4, -0.2) is 23.5 Å². The molecule has 30 heavy (non-hydrogen) atoms. The zero-order valence-corrected chi connectivity index (χ0v) is 18.6. The van der Waals surface area contributed by atoms with Gasteiger partial charge in [-0.3, -0.25) is 0 Å². The summed E-state index contributed by atoms with van der Waals surface area (Å²) < 4.78 is 24.7. The molecule has 1 heterocycles. The van der Waals surface area contributed by atoms with Gasteiger partial charge in [0.1, 0.15) is 28.3 Å². The van der Waals surface area contributed by atoms with Crippen molar-refractivity contribution in [3.63, 3.8) is 0 Å². The van der Waals surface area contributed by atoms with Gasteiger partial charge < -0.3 is 18.9 Å². The first-order valence-corrected chi connectivity index (χ1v) is 9.91. The lowest BCUT2D eigenvalue weighted by molar-refractivity contribution is 0.349. The van der Waals surface area contributed by atoms with E-state index in [4.69, 9.17) is 42.1 Å². The molecule has 6 nitrogen and oxygen atoms in total. The molecule has 1 aromatic heterocycles. The van der Waals surface area contributed by atoms with Crippen LogP contribution in [0.4, 0.5) is 0 Å². The second-order valence-electron chi connectivity index (χ2n) is 6.43. The van der Waals surface area contributed by atoms with Crippen molar-refractivity contribution in [1.82, 2.24) is 9.78 Å². The zero-order chi connectivity index (χ0) is 21.7. The Morgan fingerprint density at radius 1 is 0.967 bits per heavy atom. The Kier molecular flexibility index (Phi) is 7.13. The third kappa shape index (κ3) is 5.40. The van der Waals surface area contributed by atoms with Crippen LogP contribution in [0.25, 0.3) is 0 Å². The Bertz CT molecular complexity index is 1040. The van der Waals surface area contributed by atoms with Gasteiger partial charge in [0.25, 0.3) is 0 Å². The van der Waals surface area contributed by atoms with Crippen molar-refractivity contribution in [2.75, 3.05) is 13.7 Å². The molecule has 0 bridgehead atoms. The fourth-order valence-electron chi connectivity index (χ4n) is 2.72. The number of benzene rings is 2. The summed E-state index contributed by atoms with van der Waals surface area (Å²) in [4.78, 5) is 0. The van der Waals surface area contributed by atoms with E-state index in [0.717, 1.165) is 11.3 Å². The predicted octanol–water partition coefficient (Wildman–Crippen LogP) is 6.33. The number of aromatic nitrogens is 2. The summed E-state index contributed by atoms with van der Waals surface area (Å²) in [6.07, 6.45) is 1.55. The number of hydrogen-bond donors (Lipinski definition) is 0. The molecule has 0 saturated heterocycles. The third-order valence-electron chi connectivity index (χ3n) is 4.35. The maximum Gasteiger partial charge on any atom is 0.220 e. The molecule has 0 atom stereocenters. The summed E-state index contributed by atoms with van der Waals surface area (Å²) in [5.41, 5.74) is 1.95. The van der Waals surface area contributed by atoms with Crippen LogP contribution in [0.1, 0.15) is 11.3 Å². The van der Waals surface area contributed by atoms with Crippen molar-refractivity contribution in [1.29, 1.82) is 0 Å². The number of hydrogen-bond acceptors (Lipinski definition) is 5. The first-order valence-electron chi connectivity index (χ1n) is 9.15. The van der Waals surface area contributed by atoms with Crippen LogP contribution < -0.4 is 18.9 Å². The average molecular weight is 449 g/mol. The van der Waals surface area contributed by atoms with Gasteiger partial charge in [0, 0.05) is 18.7 Å². The Labute approximate surface area is 185 Å². The van der Waals surface area contributed by atoms with Crippen molar-refractivity contribution < 1.29 is 18.9 Å². The lowest BCUT2D eigenvalue weighted by Gasteiger charge is -2.13. The van der Waals surface area contributed by atoms with Gasteiger partial charge in [-0.15, -0.1) is 0 Å². The molecule has 0 radical (unpaired) electrons. The second kappa shape index (κ2) is 9.78. The minimum atomic E-state index is 0.156. The van der Waals surface area contributed by atoms with Crippen LogP contribution in [0.3, 0.4) is 0 Å². The van der Waals surface area contributed by atoms with Crippen molar-refractivity contribution in [2.45, 2.75) is 13.8 Å². The fourth-order valence-corrected chi connectivity index (χ4v) is 2.85. The maximum atomic E-state index is 5.96. The molecule has 0 spiro atoms. The molecule has 158 valence electrons. The fraction of sp³-hybridized carbons (Fsp3) is 0.227. The average Bonchev–Trinajstić information content (AvgIpc) is 2.96. The van der Waals surface area contributed by atoms with Gasteiger partial charge in [-0.25, -0.2) is 4.68 Å². The Balaban J connectivity index is 1.69. The van der Waals surface area contributed by atoms with E-state index < -0.39 is 0 Å². The van der Waals surface area contributed by atoms with E-state index in [9.17, 15) is 0 Å². The Morgan fingerprint density at radius 3 is 2.17 bits per heavy atom. The van der Waals surface area contributed by atoms with Crippen LogP contribution in [0.2, 0.25) is 0 Å². The highest BCUT2D eigenvalue weighted by Crippen LogP contribution is 2.35. The lowest BCUT2D eigenvalue weighted by Crippen LogP contribution is -1.96. The standard InChI is InChI=1S/C22H22Cl2N2O4/c1-14-15(2)25-26(3)22(14)30-17-7-5-16(6-8-17)29-19-10-9-18(13-20(19)27-4)28-12-11-21(23)24/h5-11,13H,12H2,1-4H3. The molecular weight excluding hydrogens is 427 g/mol. The topological polar surface area (TPSA) is 54.7 Å². The lowest BCUT2D eigenvalue weighted by atomic mass is 10.3. The smallest absolute Gasteiger partial charge is 0.220 e. The molecular formula is C22H22Cl2N2O4. The first-order chi connectivity index (χ1) is 14.4. The van der Waals surface area contributed by atoms with Crippen molar-refractivity contribution in [3.8, 4) is 34.6 Å². The SMILES string of the molecule is COc1cc(OCC=C(Cl)Cl)ccc1Oc1ccc(Oc2c(C)c(C)nn2C)cc1. The van der Waals surface area contributed by atoms with E-state index >= 15 is 0 Å². The normalized spacial score (nSPS) is 10.5. The van der Waals surface area contributed by atoms with Gasteiger partial charge in [-0.05, 0) is 56.3 Å². The minimum absolute atomic E-state index is 0.156. The summed E-state index contributed by atoms with van der Waals surface area (Å²) in [7, 11) is 3.42. The number of ether oxygens (including phenoxy) is 4. The number of methoxy groups -OCH3 is 1. The van der Waals surface area contributed by atoms with Gasteiger partial charge in [-0.2, -0.15) is 5.10 Å². The molecule has 2 aromatic carbocycles. The summed E-state index contributed by atoms with van der Waals surface area (Å²) in [6.45, 7) is 4.19. The molecule has 0 aliphatic rings. The monoisotopic (exact) mass is 448 g/mol. The molecule has 0 amide bonds. The molecule has 0 unspecified atom stereocenters. The van der Waals surface area contributed by atoms with Crippen LogP contribution in [0, 0.1) is 13.8 Å². The Hall–Kier alpha value is -2.83. The summed E-state index contributed by atoms with van der Waals surface area (Å²) in [6, 6.07) is 12.6. The number of halogens is 2. The summed E-state index contributed by atoms with van der Waals surface area (Å²) in [5, 5.41) is 4.36. The Morgan fingerprint density at radius 2 is 1.60 bits per heavy atom. The quantitative estimate of drug-likeness (QED) is 0.402. The molecule has 3 aromatic rings. The summed E-state index contributed by atoms with van der Waals surface area (Å²) in [5.74, 6) is 3.75. The van der Waals surface area contributed by atoms with E-state index in [1.807, 2.05) is 45.2 Å². The number of aryl methyl sites for hydroxylation is 2. The van der Waals surface area contributed by atoms with E-state index in [-0.39, 0.29) is 11.1 Å². The highest BCUT2D eigenvalue weighted by Gasteiger charge is 2.12. The van der Waals surface area contributed by atoms with Crippen molar-refractivity contribution in [2.24, 2.45) is 7.05 Å². The van der Waals surface area contributed by atoms with E-state index in [1.54, 1.807) is 36.1 Å². The van der Waals surface area contributed by atoms with E-state index in [1.165, 1.54) is 0 Å². The molecule has 0 aliphatic heterocycles. The molecule has 0 fully saturated rings. The highest BCUT2D eigenvalue weighted by molar-refractivity contribution is 6.55. The first kappa shape index (κ1) is 21.9. The third-order valence-corrected chi connectivity index (χ3v) is 4.65. The second-order valence-corrected chi connectivity index (χ2v) is 7.44. The van der Waals surface area contributed by atoms with E-state index in [0.29, 0.717) is 34.6 Å². The number of rotatable bonds is 8.